The molecule has 0 saturated carbocycles. The number of aliphatic hydroxyl groups is 2. The molecular weight excluding hydrogens is 905 g/mol. The quantitative estimate of drug-likeness (QED) is 0.0736. The number of carboxylic acids is 1. The third-order valence-electron chi connectivity index (χ3n) is 11.9. The molecule has 19 nitrogen and oxygen atoms in total. The van der Waals surface area contributed by atoms with Crippen molar-refractivity contribution >= 4 is 62.3 Å². The van der Waals surface area contributed by atoms with Crippen LogP contribution < -0.4 is 10.6 Å². The van der Waals surface area contributed by atoms with Crippen molar-refractivity contribution in [2.45, 2.75) is 102 Å². The van der Waals surface area contributed by atoms with Gasteiger partial charge in [0, 0.05) is 60.5 Å². The number of pyridine rings is 1. The number of hydrogen-bond donors (Lipinski definition) is 7. The van der Waals surface area contributed by atoms with Crippen molar-refractivity contribution in [1.29, 1.82) is 0 Å². The van der Waals surface area contributed by atoms with Crippen molar-refractivity contribution in [2.24, 2.45) is 11.8 Å². The number of aliphatic hydroxyl groups excluding tert-OH is 2. The van der Waals surface area contributed by atoms with E-state index in [0.29, 0.717) is 10.9 Å². The average Bonchev–Trinajstić information content (AvgIpc) is 3.66. The number of hydrogen-bond acceptors (Lipinski definition) is 17. The number of carbonyl (C=O) groups excluding carboxylic acids is 4. The van der Waals surface area contributed by atoms with Gasteiger partial charge in [-0.1, -0.05) is 55.4 Å². The molecule has 7 N–H and O–H groups in total. The van der Waals surface area contributed by atoms with E-state index in [-0.39, 0.29) is 75.2 Å². The summed E-state index contributed by atoms with van der Waals surface area (Å²) in [6, 6.07) is 5.53. The van der Waals surface area contributed by atoms with Crippen LogP contribution in [0.5, 0.6) is 5.75 Å². The Morgan fingerprint density at radius 3 is 2.56 bits per heavy atom. The molecule has 2 aliphatic heterocycles. The molecule has 0 spiro atoms. The number of ether oxygens (including phenoxy) is 6. The van der Waals surface area contributed by atoms with Gasteiger partial charge in [0.15, 0.2) is 29.3 Å². The number of aromatic carboxylic acids is 1. The van der Waals surface area contributed by atoms with Crippen LogP contribution in [0.3, 0.4) is 0 Å². The number of amides is 1. The number of ketones is 2. The molecule has 1 aromatic carbocycles. The van der Waals surface area contributed by atoms with Gasteiger partial charge in [-0.25, -0.2) is 14.6 Å². The zero-order valence-electron chi connectivity index (χ0n) is 37.9. The summed E-state index contributed by atoms with van der Waals surface area (Å²) < 4.78 is 36.7. The average molecular weight is 957 g/mol. The van der Waals surface area contributed by atoms with E-state index in [9.17, 15) is 44.4 Å². The number of nitrogens with one attached hydrogen (secondary N) is 3. The van der Waals surface area contributed by atoms with Crippen LogP contribution >= 0.6 is 11.8 Å². The van der Waals surface area contributed by atoms with Crippen molar-refractivity contribution in [1.82, 2.24) is 20.6 Å². The van der Waals surface area contributed by atoms with Gasteiger partial charge in [-0.2, -0.15) is 0 Å². The van der Waals surface area contributed by atoms with E-state index in [0.717, 1.165) is 18.9 Å². The molecule has 4 heterocycles. The first-order chi connectivity index (χ1) is 32.5. The number of methoxy groups -OCH3 is 2. The van der Waals surface area contributed by atoms with Crippen LogP contribution in [0.1, 0.15) is 61.5 Å². The molecule has 20 heteroatoms. The number of carboxylic acid groups (broad SMARTS) is 1. The highest BCUT2D eigenvalue weighted by atomic mass is 32.2. The number of carbonyl (C=O) groups is 5. The van der Waals surface area contributed by atoms with Gasteiger partial charge in [0.2, 0.25) is 0 Å². The normalized spacial score (nSPS) is 29.4. The molecule has 2 saturated heterocycles. The fourth-order valence-corrected chi connectivity index (χ4v) is 9.36. The number of rotatable bonds is 13. The first-order valence-electron chi connectivity index (χ1n) is 21.8. The topological polar surface area (TPSA) is 274 Å². The number of alkyl carbamates (subject to hydrolysis) is 1. The number of aromatic hydroxyl groups is 1. The number of phenolic OH excluding ortho intramolecular Hbond substituents is 1. The van der Waals surface area contributed by atoms with Gasteiger partial charge in [-0.15, -0.1) is 0 Å². The van der Waals surface area contributed by atoms with Gasteiger partial charge in [-0.05, 0) is 48.9 Å². The van der Waals surface area contributed by atoms with Crippen LogP contribution in [0.2, 0.25) is 0 Å². The molecule has 9 unspecified atom stereocenters. The number of aromatic amines is 1. The van der Waals surface area contributed by atoms with Crippen LogP contribution in [0, 0.1) is 35.5 Å². The second-order valence-electron chi connectivity index (χ2n) is 16.8. The Labute approximate surface area is 395 Å². The van der Waals surface area contributed by atoms with Gasteiger partial charge in [-0.3, -0.25) is 19.7 Å². The number of nitrogens with zero attached hydrogens (tertiary/aromatic N) is 1. The summed E-state index contributed by atoms with van der Waals surface area (Å²) in [7, 11) is 2.65. The smallest absolute Gasteiger partial charge is 0.411 e. The van der Waals surface area contributed by atoms with Gasteiger partial charge in [0.25, 0.3) is 0 Å². The largest absolute Gasteiger partial charge is 0.508 e. The number of aromatic nitrogens is 2. The number of benzene rings is 1. The Hall–Kier alpha value is -5.91. The zero-order chi connectivity index (χ0) is 49.0. The number of fused-ring (bicyclic) bond motifs is 4. The van der Waals surface area contributed by atoms with E-state index in [1.807, 2.05) is 13.8 Å². The minimum Gasteiger partial charge on any atom is -0.508 e. The Bertz CT molecular complexity index is 2710. The Kier molecular flexibility index (Phi) is 15.9. The van der Waals surface area contributed by atoms with Crippen molar-refractivity contribution in [2.75, 3.05) is 26.6 Å². The second kappa shape index (κ2) is 21.6. The second-order valence-corrected chi connectivity index (χ2v) is 18.0. The summed E-state index contributed by atoms with van der Waals surface area (Å²) in [5.41, 5.74) is -0.312. The lowest BCUT2D eigenvalue weighted by molar-refractivity contribution is -0.330. The van der Waals surface area contributed by atoms with Crippen LogP contribution in [0.4, 0.5) is 4.79 Å². The Morgan fingerprint density at radius 1 is 1.09 bits per heavy atom. The van der Waals surface area contributed by atoms with Crippen molar-refractivity contribution in [3.8, 4) is 29.4 Å². The van der Waals surface area contributed by atoms with E-state index >= 15 is 0 Å². The maximum absolute atomic E-state index is 15.0. The third kappa shape index (κ3) is 10.8. The number of allylic oxidation sites excluding steroid dienone is 3. The number of Topliss-reactive ketones (excluding diaryl/α,β-unsaturated/α-hetero) is 2. The molecule has 360 valence electrons. The molecule has 11 atom stereocenters. The van der Waals surface area contributed by atoms with E-state index < -0.39 is 96.8 Å². The molecule has 0 bridgehead atoms. The van der Waals surface area contributed by atoms with Gasteiger partial charge >= 0.3 is 12.1 Å². The van der Waals surface area contributed by atoms with E-state index in [2.05, 4.69) is 44.3 Å². The fraction of sp³-hybridized carbons (Fsp3) is 0.458. The lowest BCUT2D eigenvalue weighted by Gasteiger charge is -2.46. The molecule has 3 aromatic rings. The summed E-state index contributed by atoms with van der Waals surface area (Å²) in [4.78, 5) is 73.4. The Morgan fingerprint density at radius 2 is 1.85 bits per heavy atom. The first-order valence-corrected chi connectivity index (χ1v) is 22.8. The highest BCUT2D eigenvalue weighted by Gasteiger charge is 2.52. The van der Waals surface area contributed by atoms with Crippen molar-refractivity contribution < 1.29 is 72.8 Å². The SMILES string of the molecule is COC(=O)NC1=C2C#C/C=C\C#C[C@H](OC3OC(C)C(C(=O)c4nc(C(=O)O)cc5c4[nH]c4ccc(O)cc45)C(O)C3OC3CC(OC)C(NC(C)C)CO3)C2/C(=C\CSC(C)=O)[C@@H](O)CC1=O. The predicted molar refractivity (Wildman–Crippen MR) is 245 cm³/mol. The summed E-state index contributed by atoms with van der Waals surface area (Å²) in [5, 5.41) is 51.1. The van der Waals surface area contributed by atoms with Crippen LogP contribution in [0.25, 0.3) is 21.8 Å². The summed E-state index contributed by atoms with van der Waals surface area (Å²) in [6.45, 7) is 6.95. The highest BCUT2D eigenvalue weighted by molar-refractivity contribution is 8.13. The summed E-state index contributed by atoms with van der Waals surface area (Å²) in [6.07, 6.45) is -7.55. The molecule has 1 amide bonds. The molecule has 4 aliphatic rings. The lowest BCUT2D eigenvalue weighted by atomic mass is 9.82. The highest BCUT2D eigenvalue weighted by Crippen LogP contribution is 2.40. The van der Waals surface area contributed by atoms with Crippen LogP contribution in [-0.2, 0) is 38.0 Å². The van der Waals surface area contributed by atoms with Crippen LogP contribution in [0.15, 0.2) is 59.3 Å². The summed E-state index contributed by atoms with van der Waals surface area (Å²) in [5.74, 6) is 5.93. The number of thioether (sulfide) groups is 1. The Balaban J connectivity index is 1.34. The monoisotopic (exact) mass is 956 g/mol. The predicted octanol–water partition coefficient (Wildman–Crippen LogP) is 3.27. The molecule has 7 rings (SSSR count). The van der Waals surface area contributed by atoms with E-state index in [1.165, 1.54) is 44.2 Å². The fourth-order valence-electron chi connectivity index (χ4n) is 8.85. The van der Waals surface area contributed by atoms with E-state index in [1.54, 1.807) is 19.3 Å². The molecule has 2 fully saturated rings. The maximum atomic E-state index is 15.0. The molecule has 68 heavy (non-hydrogen) atoms. The molecular formula is C48H52N4O15S. The molecule has 0 radical (unpaired) electrons. The third-order valence-corrected chi connectivity index (χ3v) is 12.7. The minimum atomic E-state index is -1.79. The lowest BCUT2D eigenvalue weighted by Crippen LogP contribution is -2.61. The zero-order valence-corrected chi connectivity index (χ0v) is 38.7. The van der Waals surface area contributed by atoms with E-state index in [4.69, 9.17) is 28.4 Å². The van der Waals surface area contributed by atoms with Gasteiger partial charge in [0.05, 0.1) is 67.2 Å². The first kappa shape index (κ1) is 50.0. The van der Waals surface area contributed by atoms with Gasteiger partial charge < -0.3 is 59.1 Å². The van der Waals surface area contributed by atoms with Crippen molar-refractivity contribution in [3.63, 3.8) is 0 Å². The van der Waals surface area contributed by atoms with Crippen molar-refractivity contribution in [3.05, 3.63) is 70.7 Å². The molecule has 2 aromatic heterocycles. The number of phenols is 1. The standard InChI is InChI=1S/C48H52N4O15S/c1-22(2)49-32-21-64-37(20-36(32)62-5)67-45-44(58)38(43(57)42-41-29(18-31(51-42)46(59)60)28-17-25(54)13-14-30(28)50-41)23(3)65-47(45)66-35-12-10-8-7-9-11-27-39(35)26(15-16-68-24(4)53)33(55)19-34(56)40(27)52-48(61)63-6/h7-8,13-15,17-18,22-23,32-33,35-39,44-45,47,49-50,54-55,58H,16,19-21H2,1-6H3,(H,52,61)(H,59,60)/b8-7-,26-15-/t23?,32?,33-,35-,36?,37?,38?,39?,44?,45?,47?/m0/s1. The minimum absolute atomic E-state index is 0.0147. The maximum Gasteiger partial charge on any atom is 0.411 e. The van der Waals surface area contributed by atoms with Gasteiger partial charge in [0.1, 0.15) is 29.3 Å². The number of H-pyrrole nitrogens is 1. The van der Waals surface area contributed by atoms with Crippen LogP contribution in [-0.4, -0.2) is 147 Å². The summed E-state index contributed by atoms with van der Waals surface area (Å²) >= 11 is 0.939. The molecule has 2 aliphatic carbocycles.